The number of carbonyl (C=O) groups excluding carboxylic acids is 1. The molecule has 0 radical (unpaired) electrons. The number of hydrogen-bond acceptors (Lipinski definition) is 9. The van der Waals surface area contributed by atoms with Crippen LogP contribution in [0.15, 0.2) is 52.7 Å². The first-order chi connectivity index (χ1) is 19.8. The second kappa shape index (κ2) is 13.3. The molecule has 4 aliphatic rings. The lowest BCUT2D eigenvalue weighted by atomic mass is 9.79. The summed E-state index contributed by atoms with van der Waals surface area (Å²) < 4.78 is 36.7. The lowest BCUT2D eigenvalue weighted by molar-refractivity contribution is -0.227. The molecule has 9 atom stereocenters. The van der Waals surface area contributed by atoms with Crippen molar-refractivity contribution in [2.24, 2.45) is 11.8 Å². The van der Waals surface area contributed by atoms with Gasteiger partial charge >= 0.3 is 5.97 Å². The molecule has 1 aromatic heterocycles. The van der Waals surface area contributed by atoms with Crippen LogP contribution in [0.5, 0.6) is 0 Å². The topological polar surface area (TPSA) is 113 Å². The Bertz CT molecular complexity index is 1230. The van der Waals surface area contributed by atoms with Crippen LogP contribution in [-0.2, 0) is 28.5 Å². The second-order valence-corrected chi connectivity index (χ2v) is 11.6. The summed E-state index contributed by atoms with van der Waals surface area (Å²) >= 11 is 0. The number of fused-ring (bicyclic) bond motifs is 9. The lowest BCUT2D eigenvalue weighted by Crippen LogP contribution is -2.50. The van der Waals surface area contributed by atoms with Crippen LogP contribution in [-0.4, -0.2) is 54.2 Å². The monoisotopic (exact) mass is 564 g/mol. The normalized spacial score (nSPS) is 38.6. The van der Waals surface area contributed by atoms with Gasteiger partial charge in [0.25, 0.3) is 0 Å². The molecule has 8 bridgehead atoms. The van der Waals surface area contributed by atoms with Crippen LogP contribution in [0.3, 0.4) is 0 Å². The summed E-state index contributed by atoms with van der Waals surface area (Å²) in [5, 5.41) is 9.25. The zero-order valence-corrected chi connectivity index (χ0v) is 24.1. The van der Waals surface area contributed by atoms with Gasteiger partial charge in [0.1, 0.15) is 18.1 Å². The summed E-state index contributed by atoms with van der Waals surface area (Å²) in [7, 11) is 0. The predicted molar refractivity (Wildman–Crippen MR) is 150 cm³/mol. The van der Waals surface area contributed by atoms with Crippen LogP contribution in [0.2, 0.25) is 0 Å². The number of aromatic nitrogens is 1. The first-order valence-corrected chi connectivity index (χ1v) is 14.6. The van der Waals surface area contributed by atoms with Gasteiger partial charge in [0, 0.05) is 30.4 Å². The first kappa shape index (κ1) is 29.5. The fraction of sp³-hybridized carbons (Fsp3) is 0.594. The van der Waals surface area contributed by atoms with E-state index in [2.05, 4.69) is 17.6 Å². The number of nitrogens with zero attached hydrogens (tertiary/aromatic N) is 2. The molecule has 1 aromatic rings. The van der Waals surface area contributed by atoms with Gasteiger partial charge in [-0.25, -0.2) is 9.78 Å². The molecular formula is C32H40N2O7. The minimum atomic E-state index is -0.595. The molecule has 9 nitrogen and oxygen atoms in total. The number of ether oxygens (including phenoxy) is 5. The molecule has 0 aliphatic carbocycles. The van der Waals surface area contributed by atoms with Crippen LogP contribution in [0, 0.1) is 23.2 Å². The molecule has 3 fully saturated rings. The van der Waals surface area contributed by atoms with E-state index >= 15 is 0 Å². The molecule has 9 heteroatoms. The summed E-state index contributed by atoms with van der Waals surface area (Å²) in [5.41, 5.74) is 2.54. The molecule has 5 rings (SSSR count). The highest BCUT2D eigenvalue weighted by molar-refractivity contribution is 5.82. The molecule has 0 unspecified atom stereocenters. The quantitative estimate of drug-likeness (QED) is 0.239. The highest BCUT2D eigenvalue weighted by atomic mass is 16.7. The van der Waals surface area contributed by atoms with Crippen LogP contribution in [0.4, 0.5) is 0 Å². The van der Waals surface area contributed by atoms with E-state index in [1.165, 1.54) is 12.2 Å². The second-order valence-electron chi connectivity index (χ2n) is 11.6. The summed E-state index contributed by atoms with van der Waals surface area (Å²) in [6, 6.07) is 2.10. The maximum atomic E-state index is 13.0. The van der Waals surface area contributed by atoms with E-state index in [1.807, 2.05) is 32.9 Å². The Kier molecular flexibility index (Phi) is 9.56. The third kappa shape index (κ3) is 7.25. The molecule has 220 valence electrons. The predicted octanol–water partition coefficient (Wildman–Crippen LogP) is 5.76. The van der Waals surface area contributed by atoms with E-state index in [9.17, 15) is 10.1 Å². The van der Waals surface area contributed by atoms with E-state index in [0.29, 0.717) is 31.0 Å². The van der Waals surface area contributed by atoms with Crippen molar-refractivity contribution in [1.29, 1.82) is 5.26 Å². The van der Waals surface area contributed by atoms with Gasteiger partial charge in [-0.05, 0) is 50.7 Å². The van der Waals surface area contributed by atoms with Gasteiger partial charge in [-0.2, -0.15) is 5.26 Å². The molecule has 5 heterocycles. The SMILES string of the molecule is C=C1C[C@@H]2C[C@@H]3CCO[C@@H](O3)c3coc(n3)/C=C\C[C@H]3O[C@@H](/C(C)=C/C#N)[C@H](C)[C@@H](OC(=O)/C=C\C[C@@H](C1)O2)[C@H]3C. The minimum Gasteiger partial charge on any atom is -0.458 e. The van der Waals surface area contributed by atoms with Crippen LogP contribution in [0.25, 0.3) is 6.08 Å². The maximum absolute atomic E-state index is 13.0. The highest BCUT2D eigenvalue weighted by Crippen LogP contribution is 2.37. The molecule has 0 saturated carbocycles. The van der Waals surface area contributed by atoms with Crippen molar-refractivity contribution in [3.8, 4) is 6.07 Å². The number of rotatable bonds is 1. The van der Waals surface area contributed by atoms with E-state index < -0.39 is 18.4 Å². The Morgan fingerprint density at radius 2 is 1.88 bits per heavy atom. The standard InChI is InChI=1S/C32H40N2O7/c1-19-15-23-7-5-10-29(35)41-31-21(3)27(40-30(22(31)4)20(2)11-13-33)8-6-9-28-34-26(18-37-28)32-36-14-12-24(39-32)17-25(16-19)38-23/h5-6,9-11,18,21-25,27,30-32H,1,7-8,12,14-17H2,2-4H3/b9-6-,10-5-,20-11+/t21-,22-,23-,24-,25+,27+,30-,31-,32-/m0/s1. The van der Waals surface area contributed by atoms with Crippen molar-refractivity contribution >= 4 is 12.0 Å². The average Bonchev–Trinajstić information content (AvgIpc) is 3.41. The highest BCUT2D eigenvalue weighted by Gasteiger charge is 2.43. The van der Waals surface area contributed by atoms with Crippen LogP contribution in [0.1, 0.15) is 77.2 Å². The van der Waals surface area contributed by atoms with Crippen molar-refractivity contribution in [2.75, 3.05) is 6.61 Å². The van der Waals surface area contributed by atoms with E-state index in [1.54, 1.807) is 12.3 Å². The number of carbonyl (C=O) groups is 1. The number of allylic oxidation sites excluding steroid dienone is 1. The fourth-order valence-electron chi connectivity index (χ4n) is 6.35. The smallest absolute Gasteiger partial charge is 0.330 e. The zero-order chi connectivity index (χ0) is 28.9. The largest absolute Gasteiger partial charge is 0.458 e. The Labute approximate surface area is 241 Å². The Morgan fingerprint density at radius 1 is 1.07 bits per heavy atom. The van der Waals surface area contributed by atoms with Gasteiger partial charge < -0.3 is 28.1 Å². The van der Waals surface area contributed by atoms with E-state index in [0.717, 1.165) is 36.8 Å². The van der Waals surface area contributed by atoms with Crippen molar-refractivity contribution in [3.63, 3.8) is 0 Å². The lowest BCUT2D eigenvalue weighted by Gasteiger charge is -2.44. The van der Waals surface area contributed by atoms with Gasteiger partial charge in [0.2, 0.25) is 12.2 Å². The zero-order valence-electron chi connectivity index (χ0n) is 24.1. The maximum Gasteiger partial charge on any atom is 0.330 e. The summed E-state index contributed by atoms with van der Waals surface area (Å²) in [6.45, 7) is 10.7. The number of nitriles is 1. The molecule has 0 aromatic carbocycles. The van der Waals surface area contributed by atoms with E-state index in [4.69, 9.17) is 28.1 Å². The van der Waals surface area contributed by atoms with Gasteiger partial charge in [-0.1, -0.05) is 38.2 Å². The molecule has 3 saturated heterocycles. The molecule has 0 spiro atoms. The van der Waals surface area contributed by atoms with Gasteiger partial charge in [0.05, 0.1) is 43.2 Å². The third-order valence-corrected chi connectivity index (χ3v) is 8.45. The average molecular weight is 565 g/mol. The summed E-state index contributed by atoms with van der Waals surface area (Å²) in [5.74, 6) is -0.166. The van der Waals surface area contributed by atoms with Crippen molar-refractivity contribution in [2.45, 2.75) is 102 Å². The number of esters is 1. The Morgan fingerprint density at radius 3 is 2.71 bits per heavy atom. The number of oxazole rings is 1. The van der Waals surface area contributed by atoms with Crippen molar-refractivity contribution in [1.82, 2.24) is 4.98 Å². The fourth-order valence-corrected chi connectivity index (χ4v) is 6.35. The molecule has 4 aliphatic heterocycles. The summed E-state index contributed by atoms with van der Waals surface area (Å²) in [4.78, 5) is 17.6. The summed E-state index contributed by atoms with van der Waals surface area (Å²) in [6.07, 6.45) is 12.6. The van der Waals surface area contributed by atoms with Gasteiger partial charge in [-0.3, -0.25) is 0 Å². The number of hydrogen-bond donors (Lipinski definition) is 0. The van der Waals surface area contributed by atoms with Crippen molar-refractivity contribution in [3.05, 3.63) is 59.9 Å². The minimum absolute atomic E-state index is 0.0160. The molecule has 0 N–H and O–H groups in total. The van der Waals surface area contributed by atoms with Crippen LogP contribution < -0.4 is 0 Å². The van der Waals surface area contributed by atoms with Crippen LogP contribution >= 0.6 is 0 Å². The van der Waals surface area contributed by atoms with Gasteiger partial charge in [-0.15, -0.1) is 0 Å². The van der Waals surface area contributed by atoms with E-state index in [-0.39, 0.29) is 42.4 Å². The first-order valence-electron chi connectivity index (χ1n) is 14.6. The molecule has 0 amide bonds. The third-order valence-electron chi connectivity index (χ3n) is 8.45. The molecular weight excluding hydrogens is 524 g/mol. The van der Waals surface area contributed by atoms with Gasteiger partial charge in [0.15, 0.2) is 0 Å². The molecule has 41 heavy (non-hydrogen) atoms. The Balaban J connectivity index is 1.41. The Hall–Kier alpha value is -3.03. The van der Waals surface area contributed by atoms with Crippen molar-refractivity contribution < 1.29 is 32.9 Å².